The summed E-state index contributed by atoms with van der Waals surface area (Å²) in [7, 11) is 3.73. The van der Waals surface area contributed by atoms with Crippen LogP contribution in [0.5, 0.6) is 5.75 Å². The number of amides is 1. The Bertz CT molecular complexity index is 512. The van der Waals surface area contributed by atoms with Crippen LogP contribution in [-0.4, -0.2) is 50.3 Å². The van der Waals surface area contributed by atoms with E-state index in [4.69, 9.17) is 9.47 Å². The number of methoxy groups -OCH3 is 1. The third-order valence-corrected chi connectivity index (χ3v) is 4.75. The molecular formula is C20H32N2O3. The van der Waals surface area contributed by atoms with Crippen molar-refractivity contribution in [1.29, 1.82) is 0 Å². The van der Waals surface area contributed by atoms with Crippen LogP contribution in [0.2, 0.25) is 0 Å². The normalized spacial score (nSPS) is 16.6. The van der Waals surface area contributed by atoms with Gasteiger partial charge in [0, 0.05) is 19.7 Å². The second-order valence-electron chi connectivity index (χ2n) is 7.02. The first-order valence-electron chi connectivity index (χ1n) is 9.30. The van der Waals surface area contributed by atoms with Crippen molar-refractivity contribution in [2.75, 3.05) is 27.3 Å². The van der Waals surface area contributed by atoms with E-state index in [1.54, 1.807) is 0 Å². The van der Waals surface area contributed by atoms with Crippen LogP contribution in [0.25, 0.3) is 0 Å². The molecule has 1 amide bonds. The van der Waals surface area contributed by atoms with Gasteiger partial charge in [-0.2, -0.15) is 0 Å². The third kappa shape index (κ3) is 7.04. The molecule has 140 valence electrons. The van der Waals surface area contributed by atoms with Gasteiger partial charge in [0.25, 0.3) is 0 Å². The molecule has 1 N–H and O–H groups in total. The molecule has 1 saturated carbocycles. The molecule has 0 spiro atoms. The van der Waals surface area contributed by atoms with E-state index in [0.29, 0.717) is 6.54 Å². The summed E-state index contributed by atoms with van der Waals surface area (Å²) in [6.45, 7) is 3.47. The Kier molecular flexibility index (Phi) is 8.22. The molecule has 0 unspecified atom stereocenters. The molecule has 0 saturated heterocycles. The lowest BCUT2D eigenvalue weighted by Gasteiger charge is -2.31. The third-order valence-electron chi connectivity index (χ3n) is 4.75. The van der Waals surface area contributed by atoms with Crippen molar-refractivity contribution in [1.82, 2.24) is 10.2 Å². The molecule has 1 atom stereocenters. The first-order valence-corrected chi connectivity index (χ1v) is 9.30. The summed E-state index contributed by atoms with van der Waals surface area (Å²) in [5, 5.41) is 2.78. The molecule has 1 aliphatic rings. The summed E-state index contributed by atoms with van der Waals surface area (Å²) < 4.78 is 10.6. The fourth-order valence-electron chi connectivity index (χ4n) is 3.33. The zero-order valence-corrected chi connectivity index (χ0v) is 15.8. The minimum atomic E-state index is -0.126. The molecule has 2 rings (SSSR count). The second kappa shape index (κ2) is 10.4. The number of rotatable bonds is 9. The van der Waals surface area contributed by atoms with E-state index in [1.165, 1.54) is 44.8 Å². The summed E-state index contributed by atoms with van der Waals surface area (Å²) in [4.78, 5) is 13.9. The van der Waals surface area contributed by atoms with Gasteiger partial charge in [0.05, 0.1) is 6.54 Å². The van der Waals surface area contributed by atoms with Gasteiger partial charge in [-0.1, -0.05) is 31.4 Å². The molecule has 1 fully saturated rings. The number of benzene rings is 1. The van der Waals surface area contributed by atoms with Gasteiger partial charge in [-0.3, -0.25) is 9.69 Å². The van der Waals surface area contributed by atoms with E-state index < -0.39 is 0 Å². The first kappa shape index (κ1) is 19.7. The highest BCUT2D eigenvalue weighted by molar-refractivity contribution is 5.77. The van der Waals surface area contributed by atoms with Crippen molar-refractivity contribution in [2.45, 2.75) is 57.7 Å². The van der Waals surface area contributed by atoms with Crippen LogP contribution in [0.1, 0.15) is 44.6 Å². The number of hydrogen-bond donors (Lipinski definition) is 1. The molecule has 1 aromatic carbocycles. The fraction of sp³-hybridized carbons (Fsp3) is 0.650. The Balaban J connectivity index is 1.76. The van der Waals surface area contributed by atoms with E-state index in [2.05, 4.69) is 29.4 Å². The monoisotopic (exact) mass is 348 g/mol. The first-order chi connectivity index (χ1) is 12.1. The van der Waals surface area contributed by atoms with Crippen LogP contribution in [0.4, 0.5) is 0 Å². The molecule has 1 aromatic rings. The maximum absolute atomic E-state index is 11.4. The fourth-order valence-corrected chi connectivity index (χ4v) is 3.33. The smallest absolute Gasteiger partial charge is 0.246 e. The van der Waals surface area contributed by atoms with Crippen LogP contribution < -0.4 is 10.1 Å². The Hall–Kier alpha value is -1.59. The number of carbonyl (C=O) groups excluding carboxylic acids is 1. The van der Waals surface area contributed by atoms with E-state index in [0.717, 1.165) is 18.3 Å². The molecule has 5 heteroatoms. The van der Waals surface area contributed by atoms with Gasteiger partial charge in [0.2, 0.25) is 5.91 Å². The van der Waals surface area contributed by atoms with E-state index in [-0.39, 0.29) is 18.6 Å². The van der Waals surface area contributed by atoms with Crippen molar-refractivity contribution in [2.24, 2.45) is 0 Å². The molecule has 0 heterocycles. The Morgan fingerprint density at radius 1 is 1.24 bits per heavy atom. The standard InChI is InChI=1S/C20H32N2O3/c1-16(13-21-20(23)15-24-3)25-19-11-9-17(10-12-19)14-22(2)18-7-5-4-6-8-18/h9-12,16,18H,4-8,13-15H2,1-3H3,(H,21,23)/t16-/m1/s1. The Morgan fingerprint density at radius 2 is 1.92 bits per heavy atom. The summed E-state index contributed by atoms with van der Waals surface area (Å²) in [6.07, 6.45) is 6.67. The number of ether oxygens (including phenoxy) is 2. The van der Waals surface area contributed by atoms with E-state index in [9.17, 15) is 4.79 Å². The van der Waals surface area contributed by atoms with Crippen molar-refractivity contribution in [3.05, 3.63) is 29.8 Å². The molecule has 0 bridgehead atoms. The minimum absolute atomic E-state index is 0.0793. The zero-order valence-electron chi connectivity index (χ0n) is 15.8. The van der Waals surface area contributed by atoms with Crippen molar-refractivity contribution >= 4 is 5.91 Å². The average molecular weight is 348 g/mol. The average Bonchev–Trinajstić information content (AvgIpc) is 2.62. The second-order valence-corrected chi connectivity index (χ2v) is 7.02. The van der Waals surface area contributed by atoms with Gasteiger partial charge in [0.1, 0.15) is 18.5 Å². The lowest BCUT2D eigenvalue weighted by Crippen LogP contribution is -2.35. The van der Waals surface area contributed by atoms with Crippen LogP contribution in [0.3, 0.4) is 0 Å². The largest absolute Gasteiger partial charge is 0.489 e. The highest BCUT2D eigenvalue weighted by Crippen LogP contribution is 2.23. The molecule has 1 aliphatic carbocycles. The highest BCUT2D eigenvalue weighted by Gasteiger charge is 2.17. The highest BCUT2D eigenvalue weighted by atomic mass is 16.5. The Morgan fingerprint density at radius 3 is 2.56 bits per heavy atom. The lowest BCUT2D eigenvalue weighted by molar-refractivity contribution is -0.125. The molecular weight excluding hydrogens is 316 g/mol. The number of nitrogens with one attached hydrogen (secondary N) is 1. The van der Waals surface area contributed by atoms with Gasteiger partial charge in [0.15, 0.2) is 0 Å². The molecule has 0 aliphatic heterocycles. The number of hydrogen-bond acceptors (Lipinski definition) is 4. The van der Waals surface area contributed by atoms with Gasteiger partial charge < -0.3 is 14.8 Å². The molecule has 25 heavy (non-hydrogen) atoms. The van der Waals surface area contributed by atoms with Crippen molar-refractivity contribution in [3.8, 4) is 5.75 Å². The Labute approximate surface area is 151 Å². The SMILES string of the molecule is COCC(=O)NC[C@@H](C)Oc1ccc(CN(C)C2CCCCC2)cc1. The molecule has 0 radical (unpaired) electrons. The summed E-state index contributed by atoms with van der Waals surface area (Å²) >= 11 is 0. The molecule has 0 aromatic heterocycles. The number of nitrogens with zero attached hydrogens (tertiary/aromatic N) is 1. The topological polar surface area (TPSA) is 50.8 Å². The van der Waals surface area contributed by atoms with Crippen molar-refractivity contribution < 1.29 is 14.3 Å². The van der Waals surface area contributed by atoms with Gasteiger partial charge in [-0.05, 0) is 44.5 Å². The summed E-state index contributed by atoms with van der Waals surface area (Å²) in [5.41, 5.74) is 1.31. The maximum Gasteiger partial charge on any atom is 0.246 e. The van der Waals surface area contributed by atoms with Gasteiger partial charge >= 0.3 is 0 Å². The predicted molar refractivity (Wildman–Crippen MR) is 99.8 cm³/mol. The van der Waals surface area contributed by atoms with Crippen LogP contribution in [0.15, 0.2) is 24.3 Å². The predicted octanol–water partition coefficient (Wildman–Crippen LogP) is 2.98. The zero-order chi connectivity index (χ0) is 18.1. The van der Waals surface area contributed by atoms with E-state index in [1.807, 2.05) is 19.1 Å². The van der Waals surface area contributed by atoms with Crippen LogP contribution in [0, 0.1) is 0 Å². The quantitative estimate of drug-likeness (QED) is 0.745. The number of carbonyl (C=O) groups is 1. The maximum atomic E-state index is 11.4. The van der Waals surface area contributed by atoms with Gasteiger partial charge in [-0.25, -0.2) is 0 Å². The van der Waals surface area contributed by atoms with Gasteiger partial charge in [-0.15, -0.1) is 0 Å². The molecule has 5 nitrogen and oxygen atoms in total. The summed E-state index contributed by atoms with van der Waals surface area (Å²) in [6, 6.07) is 9.01. The van der Waals surface area contributed by atoms with Crippen LogP contribution in [-0.2, 0) is 16.1 Å². The summed E-state index contributed by atoms with van der Waals surface area (Å²) in [5.74, 6) is 0.705. The lowest BCUT2D eigenvalue weighted by atomic mass is 9.94. The van der Waals surface area contributed by atoms with E-state index >= 15 is 0 Å². The van der Waals surface area contributed by atoms with Crippen molar-refractivity contribution in [3.63, 3.8) is 0 Å². The van der Waals surface area contributed by atoms with Crippen LogP contribution >= 0.6 is 0 Å². The minimum Gasteiger partial charge on any atom is -0.489 e.